The van der Waals surface area contributed by atoms with Crippen LogP contribution in [0.4, 0.5) is 20.4 Å². The van der Waals surface area contributed by atoms with Crippen molar-refractivity contribution in [2.24, 2.45) is 0 Å². The van der Waals surface area contributed by atoms with Crippen LogP contribution in [0, 0.1) is 0 Å². The first kappa shape index (κ1) is 19.5. The summed E-state index contributed by atoms with van der Waals surface area (Å²) in [5, 5.41) is 5.28. The van der Waals surface area contributed by atoms with E-state index < -0.39 is 5.60 Å². The molecule has 0 atom stereocenters. The van der Waals surface area contributed by atoms with Gasteiger partial charge in [0.25, 0.3) is 0 Å². The van der Waals surface area contributed by atoms with E-state index in [0.717, 1.165) is 17.1 Å². The molecule has 1 spiro atoms. The van der Waals surface area contributed by atoms with E-state index in [1.54, 1.807) is 16.0 Å². The second-order valence-corrected chi connectivity index (χ2v) is 8.50. The van der Waals surface area contributed by atoms with Crippen LogP contribution in [0.3, 0.4) is 0 Å². The molecule has 2 fully saturated rings. The Morgan fingerprint density at radius 2 is 1.84 bits per heavy atom. The summed E-state index contributed by atoms with van der Waals surface area (Å²) in [6.45, 7) is 1.53. The number of nitrogens with one attached hydrogen (secondary N) is 1. The van der Waals surface area contributed by atoms with Crippen molar-refractivity contribution >= 4 is 34.3 Å². The summed E-state index contributed by atoms with van der Waals surface area (Å²) in [6, 6.07) is 15.0. The molecule has 2 aliphatic heterocycles. The summed E-state index contributed by atoms with van der Waals surface area (Å²) in [7, 11) is 0. The second-order valence-electron chi connectivity index (χ2n) is 7.64. The molecule has 8 nitrogen and oxygen atoms in total. The smallest absolute Gasteiger partial charge is 0.415 e. The average molecular weight is 436 g/mol. The van der Waals surface area contributed by atoms with Gasteiger partial charge in [-0.2, -0.15) is 0 Å². The molecule has 0 radical (unpaired) electrons. The Kier molecular flexibility index (Phi) is 5.03. The lowest BCUT2D eigenvalue weighted by atomic mass is 9.91. The highest BCUT2D eigenvalue weighted by Gasteiger charge is 2.48. The number of carbonyl (C=O) groups excluding carboxylic acids is 2. The highest BCUT2D eigenvalue weighted by Crippen LogP contribution is 2.36. The molecule has 158 valence electrons. The lowest BCUT2D eigenvalue weighted by molar-refractivity contribution is 0.0110. The number of likely N-dealkylation sites (tertiary alicyclic amines) is 1. The summed E-state index contributed by atoms with van der Waals surface area (Å²) >= 11 is 1.37. The zero-order valence-corrected chi connectivity index (χ0v) is 17.5. The Hall–Kier alpha value is -3.46. The van der Waals surface area contributed by atoms with Crippen LogP contribution in [0.15, 0.2) is 60.1 Å². The topological polar surface area (TPSA) is 87.7 Å². The first-order valence-corrected chi connectivity index (χ1v) is 11.0. The number of para-hydroxylation sites is 1. The van der Waals surface area contributed by atoms with Crippen LogP contribution in [0.1, 0.15) is 12.8 Å². The van der Waals surface area contributed by atoms with E-state index in [4.69, 9.17) is 4.74 Å². The first-order valence-electron chi connectivity index (χ1n) is 10.1. The maximum atomic E-state index is 12.7. The van der Waals surface area contributed by atoms with Gasteiger partial charge in [-0.05, 0) is 24.3 Å². The summed E-state index contributed by atoms with van der Waals surface area (Å²) in [5.74, 6) is 0. The van der Waals surface area contributed by atoms with Crippen molar-refractivity contribution in [2.75, 3.05) is 29.9 Å². The lowest BCUT2D eigenvalue weighted by Crippen LogP contribution is -2.49. The number of amides is 3. The summed E-state index contributed by atoms with van der Waals surface area (Å²) in [5.41, 5.74) is 1.79. The minimum absolute atomic E-state index is 0.194. The molecule has 31 heavy (non-hydrogen) atoms. The molecule has 0 bridgehead atoms. The number of piperidine rings is 1. The largest absolute Gasteiger partial charge is 0.440 e. The van der Waals surface area contributed by atoms with E-state index in [-0.39, 0.29) is 12.1 Å². The molecule has 4 heterocycles. The molecule has 3 amide bonds. The number of hydrogen-bond donors (Lipinski definition) is 1. The molecule has 2 saturated heterocycles. The van der Waals surface area contributed by atoms with Crippen molar-refractivity contribution in [1.29, 1.82) is 0 Å². The molecule has 5 rings (SSSR count). The lowest BCUT2D eigenvalue weighted by Gasteiger charge is -2.37. The minimum atomic E-state index is -0.545. The number of pyridine rings is 1. The van der Waals surface area contributed by atoms with Gasteiger partial charge in [-0.3, -0.25) is 15.2 Å². The van der Waals surface area contributed by atoms with Gasteiger partial charge in [0.15, 0.2) is 5.13 Å². The third-order valence-electron chi connectivity index (χ3n) is 5.65. The maximum absolute atomic E-state index is 12.7. The van der Waals surface area contributed by atoms with Crippen LogP contribution in [-0.4, -0.2) is 52.2 Å². The molecule has 0 aliphatic carbocycles. The number of carbonyl (C=O) groups is 2. The van der Waals surface area contributed by atoms with Crippen LogP contribution >= 0.6 is 11.3 Å². The van der Waals surface area contributed by atoms with Crippen molar-refractivity contribution in [3.8, 4) is 11.4 Å². The summed E-state index contributed by atoms with van der Waals surface area (Å²) in [4.78, 5) is 37.3. The highest BCUT2D eigenvalue weighted by molar-refractivity contribution is 7.14. The quantitative estimate of drug-likeness (QED) is 0.665. The summed E-state index contributed by atoms with van der Waals surface area (Å²) in [6.07, 6.45) is 2.60. The number of ether oxygens (including phenoxy) is 1. The fourth-order valence-corrected chi connectivity index (χ4v) is 4.64. The fraction of sp³-hybridized carbons (Fsp3) is 0.273. The number of nitrogens with zero attached hydrogens (tertiary/aromatic N) is 4. The Balaban J connectivity index is 1.19. The van der Waals surface area contributed by atoms with Gasteiger partial charge in [-0.25, -0.2) is 14.6 Å². The number of aromatic nitrogens is 2. The molecular weight excluding hydrogens is 414 g/mol. The van der Waals surface area contributed by atoms with E-state index in [9.17, 15) is 9.59 Å². The predicted molar refractivity (Wildman–Crippen MR) is 118 cm³/mol. The normalized spacial score (nSPS) is 17.6. The van der Waals surface area contributed by atoms with Crippen LogP contribution < -0.4 is 10.2 Å². The van der Waals surface area contributed by atoms with Crippen LogP contribution in [0.25, 0.3) is 11.4 Å². The molecule has 3 aromatic rings. The van der Waals surface area contributed by atoms with E-state index in [2.05, 4.69) is 15.3 Å². The SMILES string of the molecule is O=C(Nc1nc(-c2ccccn2)cs1)N1CCC2(CC1)CN(c1ccccc1)C(=O)O2. The van der Waals surface area contributed by atoms with Gasteiger partial charge in [0, 0.05) is 43.2 Å². The molecule has 0 unspecified atom stereocenters. The van der Waals surface area contributed by atoms with Crippen molar-refractivity contribution in [2.45, 2.75) is 18.4 Å². The van der Waals surface area contributed by atoms with Crippen molar-refractivity contribution < 1.29 is 14.3 Å². The second kappa shape index (κ2) is 7.99. The van der Waals surface area contributed by atoms with Crippen molar-refractivity contribution in [3.63, 3.8) is 0 Å². The third-order valence-corrected chi connectivity index (χ3v) is 6.40. The molecule has 0 saturated carbocycles. The third kappa shape index (κ3) is 3.96. The van der Waals surface area contributed by atoms with E-state index >= 15 is 0 Å². The van der Waals surface area contributed by atoms with Gasteiger partial charge in [0.05, 0.1) is 12.2 Å². The van der Waals surface area contributed by atoms with E-state index in [0.29, 0.717) is 37.6 Å². The van der Waals surface area contributed by atoms with Gasteiger partial charge < -0.3 is 9.64 Å². The van der Waals surface area contributed by atoms with Crippen molar-refractivity contribution in [3.05, 3.63) is 60.1 Å². The highest BCUT2D eigenvalue weighted by atomic mass is 32.1. The molecule has 1 aromatic carbocycles. The standard InChI is InChI=1S/C22H21N5O3S/c28-20(25-19-24-18(14-31-19)17-8-4-5-11-23-17)26-12-9-22(10-13-26)15-27(21(29)30-22)16-6-2-1-3-7-16/h1-8,11,14H,9-10,12-13,15H2,(H,24,25,28). The summed E-state index contributed by atoms with van der Waals surface area (Å²) < 4.78 is 5.77. The average Bonchev–Trinajstić information content (AvgIpc) is 3.40. The molecule has 9 heteroatoms. The Bertz CT molecular complexity index is 1080. The zero-order valence-electron chi connectivity index (χ0n) is 16.7. The Morgan fingerprint density at radius 1 is 1.06 bits per heavy atom. The first-order chi connectivity index (χ1) is 15.1. The van der Waals surface area contributed by atoms with Gasteiger partial charge in [-0.15, -0.1) is 11.3 Å². The van der Waals surface area contributed by atoms with E-state index in [1.807, 2.05) is 53.9 Å². The van der Waals surface area contributed by atoms with Gasteiger partial charge in [0.2, 0.25) is 0 Å². The molecule has 2 aliphatic rings. The van der Waals surface area contributed by atoms with Gasteiger partial charge >= 0.3 is 12.1 Å². The predicted octanol–water partition coefficient (Wildman–Crippen LogP) is 4.23. The number of hydrogen-bond acceptors (Lipinski definition) is 6. The Labute approximate surface area is 183 Å². The molecule has 2 aromatic heterocycles. The minimum Gasteiger partial charge on any atom is -0.440 e. The van der Waals surface area contributed by atoms with Crippen molar-refractivity contribution in [1.82, 2.24) is 14.9 Å². The van der Waals surface area contributed by atoms with Crippen LogP contribution in [0.2, 0.25) is 0 Å². The molecule has 1 N–H and O–H groups in total. The Morgan fingerprint density at radius 3 is 2.58 bits per heavy atom. The number of urea groups is 1. The monoisotopic (exact) mass is 435 g/mol. The number of anilines is 2. The fourth-order valence-electron chi connectivity index (χ4n) is 3.94. The molecular formula is C22H21N5O3S. The van der Waals surface area contributed by atoms with Gasteiger partial charge in [-0.1, -0.05) is 24.3 Å². The zero-order chi connectivity index (χ0) is 21.3. The number of thiazole rings is 1. The number of benzene rings is 1. The maximum Gasteiger partial charge on any atom is 0.415 e. The van der Waals surface area contributed by atoms with E-state index in [1.165, 1.54) is 11.3 Å². The number of rotatable bonds is 3. The van der Waals surface area contributed by atoms with Crippen LogP contribution in [-0.2, 0) is 4.74 Å². The van der Waals surface area contributed by atoms with Crippen LogP contribution in [0.5, 0.6) is 0 Å². The van der Waals surface area contributed by atoms with Gasteiger partial charge in [0.1, 0.15) is 11.3 Å².